The first-order valence-corrected chi connectivity index (χ1v) is 11.6. The zero-order chi connectivity index (χ0) is 18.6. The van der Waals surface area contributed by atoms with Crippen molar-refractivity contribution < 1.29 is 4.79 Å². The Morgan fingerprint density at radius 1 is 1.04 bits per heavy atom. The van der Waals surface area contributed by atoms with Crippen LogP contribution in [-0.4, -0.2) is 49.0 Å². The van der Waals surface area contributed by atoms with E-state index < -0.39 is 0 Å². The third-order valence-electron chi connectivity index (χ3n) is 7.05. The molecule has 1 saturated heterocycles. The zero-order valence-corrected chi connectivity index (χ0v) is 19.8. The lowest BCUT2D eigenvalue weighted by Crippen LogP contribution is -2.45. The van der Waals surface area contributed by atoms with Gasteiger partial charge >= 0.3 is 0 Å². The molecule has 0 aromatic carbocycles. The molecule has 0 radical (unpaired) electrons. The Balaban J connectivity index is 0.00000225. The second kappa shape index (κ2) is 10.5. The molecule has 4 rings (SSSR count). The van der Waals surface area contributed by atoms with Crippen LogP contribution >= 0.6 is 24.0 Å². The molecule has 5 nitrogen and oxygen atoms in total. The van der Waals surface area contributed by atoms with Gasteiger partial charge in [-0.15, -0.1) is 24.0 Å². The molecular weight excluding hydrogens is 463 g/mol. The molecule has 160 valence electrons. The van der Waals surface area contributed by atoms with Crippen molar-refractivity contribution in [3.8, 4) is 0 Å². The second-order valence-corrected chi connectivity index (χ2v) is 9.31. The maximum atomic E-state index is 12.8. The number of likely N-dealkylation sites (tertiary alicyclic amines) is 1. The highest BCUT2D eigenvalue weighted by Crippen LogP contribution is 2.49. The largest absolute Gasteiger partial charge is 0.357 e. The van der Waals surface area contributed by atoms with Crippen molar-refractivity contribution in [2.75, 3.05) is 26.2 Å². The predicted molar refractivity (Wildman–Crippen MR) is 125 cm³/mol. The lowest BCUT2D eigenvalue weighted by Gasteiger charge is -2.26. The van der Waals surface area contributed by atoms with E-state index in [4.69, 9.17) is 4.99 Å². The predicted octanol–water partition coefficient (Wildman–Crippen LogP) is 3.78. The van der Waals surface area contributed by atoms with E-state index in [2.05, 4.69) is 22.5 Å². The molecule has 4 aliphatic rings. The van der Waals surface area contributed by atoms with Crippen molar-refractivity contribution in [1.82, 2.24) is 15.5 Å². The van der Waals surface area contributed by atoms with E-state index in [0.717, 1.165) is 69.2 Å². The summed E-state index contributed by atoms with van der Waals surface area (Å²) in [5, 5.41) is 7.05. The zero-order valence-electron chi connectivity index (χ0n) is 17.5. The van der Waals surface area contributed by atoms with E-state index in [1.54, 1.807) is 0 Å². The highest BCUT2D eigenvalue weighted by Gasteiger charge is 2.41. The number of hydrogen-bond acceptors (Lipinski definition) is 2. The number of hydrogen-bond donors (Lipinski definition) is 2. The van der Waals surface area contributed by atoms with Gasteiger partial charge in [0.05, 0.1) is 0 Å². The number of nitrogens with zero attached hydrogens (tertiary/aromatic N) is 2. The van der Waals surface area contributed by atoms with Crippen molar-refractivity contribution in [2.45, 2.75) is 77.2 Å². The van der Waals surface area contributed by atoms with Crippen LogP contribution in [0.5, 0.6) is 0 Å². The highest BCUT2D eigenvalue weighted by atomic mass is 127. The summed E-state index contributed by atoms with van der Waals surface area (Å²) in [5.41, 5.74) is 0. The van der Waals surface area contributed by atoms with Gasteiger partial charge in [-0.3, -0.25) is 9.79 Å². The van der Waals surface area contributed by atoms with Gasteiger partial charge in [0, 0.05) is 38.1 Å². The fraction of sp³-hybridized carbons (Fsp3) is 0.909. The summed E-state index contributed by atoms with van der Waals surface area (Å²) in [7, 11) is 0. The Bertz CT molecular complexity index is 529. The summed E-state index contributed by atoms with van der Waals surface area (Å²) in [6.45, 7) is 5.74. The monoisotopic (exact) mass is 502 g/mol. The summed E-state index contributed by atoms with van der Waals surface area (Å²) < 4.78 is 0. The molecule has 0 aromatic heterocycles. The number of nitrogens with one attached hydrogen (secondary N) is 2. The van der Waals surface area contributed by atoms with Gasteiger partial charge in [-0.25, -0.2) is 0 Å². The molecule has 1 atom stereocenters. The van der Waals surface area contributed by atoms with E-state index in [1.807, 2.05) is 0 Å². The van der Waals surface area contributed by atoms with Crippen molar-refractivity contribution in [3.63, 3.8) is 0 Å². The number of guanidine groups is 1. The summed E-state index contributed by atoms with van der Waals surface area (Å²) in [6, 6.07) is 0.343. The molecule has 3 aliphatic carbocycles. The molecule has 1 aliphatic heterocycles. The molecule has 1 unspecified atom stereocenters. The van der Waals surface area contributed by atoms with Gasteiger partial charge in [0.25, 0.3) is 0 Å². The van der Waals surface area contributed by atoms with Crippen molar-refractivity contribution in [3.05, 3.63) is 0 Å². The van der Waals surface area contributed by atoms with Crippen LogP contribution in [0.25, 0.3) is 0 Å². The Labute approximate surface area is 187 Å². The number of amides is 1. The maximum Gasteiger partial charge on any atom is 0.225 e. The Morgan fingerprint density at radius 3 is 2.32 bits per heavy atom. The summed E-state index contributed by atoms with van der Waals surface area (Å²) in [5.74, 6) is 4.35. The standard InChI is InChI=1S/C22H38N4O.HI/c1-2-23-22(24-14-20(16-8-9-16)17-10-11-17)25-19-12-13-26(15-19)21(27)18-6-4-3-5-7-18;/h16-20H,2-15H2,1H3,(H2,23,24,25);1H. The van der Waals surface area contributed by atoms with Crippen LogP contribution in [0.1, 0.15) is 71.1 Å². The Hall–Kier alpha value is -0.530. The molecule has 0 spiro atoms. The van der Waals surface area contributed by atoms with Crippen molar-refractivity contribution in [1.29, 1.82) is 0 Å². The molecule has 1 amide bonds. The fourth-order valence-electron chi connectivity index (χ4n) is 5.13. The first-order valence-electron chi connectivity index (χ1n) is 11.6. The van der Waals surface area contributed by atoms with E-state index in [-0.39, 0.29) is 29.9 Å². The van der Waals surface area contributed by atoms with Gasteiger partial charge in [-0.1, -0.05) is 19.3 Å². The van der Waals surface area contributed by atoms with Crippen molar-refractivity contribution >= 4 is 35.8 Å². The molecule has 4 fully saturated rings. The Kier molecular flexibility index (Phi) is 8.30. The number of rotatable bonds is 7. The first-order chi connectivity index (χ1) is 13.2. The minimum absolute atomic E-state index is 0. The molecule has 28 heavy (non-hydrogen) atoms. The van der Waals surface area contributed by atoms with Crippen LogP contribution in [0.15, 0.2) is 4.99 Å². The average molecular weight is 502 g/mol. The lowest BCUT2D eigenvalue weighted by molar-refractivity contribution is -0.135. The molecule has 3 saturated carbocycles. The van der Waals surface area contributed by atoms with Gasteiger partial charge in [-0.05, 0) is 69.6 Å². The number of carbonyl (C=O) groups excluding carboxylic acids is 1. The number of carbonyl (C=O) groups is 1. The minimum atomic E-state index is 0. The third-order valence-corrected chi connectivity index (χ3v) is 7.05. The average Bonchev–Trinajstić information content (AvgIpc) is 3.62. The summed E-state index contributed by atoms with van der Waals surface area (Å²) >= 11 is 0. The molecule has 0 bridgehead atoms. The van der Waals surface area contributed by atoms with Gasteiger partial charge in [-0.2, -0.15) is 0 Å². The SMILES string of the molecule is CCNC(=NCC(C1CC1)C1CC1)NC1CCN(C(=O)C2CCCCC2)C1.I. The lowest BCUT2D eigenvalue weighted by atomic mass is 9.88. The molecule has 2 N–H and O–H groups in total. The third kappa shape index (κ3) is 5.99. The molecule has 0 aromatic rings. The highest BCUT2D eigenvalue weighted by molar-refractivity contribution is 14.0. The number of halogens is 1. The van der Waals surface area contributed by atoms with Crippen molar-refractivity contribution in [2.24, 2.45) is 28.7 Å². The second-order valence-electron chi connectivity index (χ2n) is 9.31. The van der Waals surface area contributed by atoms with Crippen LogP contribution < -0.4 is 10.6 Å². The van der Waals surface area contributed by atoms with Crippen LogP contribution in [-0.2, 0) is 4.79 Å². The van der Waals surface area contributed by atoms with Crippen LogP contribution in [0, 0.1) is 23.7 Å². The first kappa shape index (κ1) is 22.2. The Morgan fingerprint density at radius 2 is 1.71 bits per heavy atom. The van der Waals surface area contributed by atoms with Crippen LogP contribution in [0.4, 0.5) is 0 Å². The molecular formula is C22H39IN4O. The van der Waals surface area contributed by atoms with Crippen LogP contribution in [0.3, 0.4) is 0 Å². The summed E-state index contributed by atoms with van der Waals surface area (Å²) in [6.07, 6.45) is 12.7. The summed E-state index contributed by atoms with van der Waals surface area (Å²) in [4.78, 5) is 19.8. The van der Waals surface area contributed by atoms with E-state index in [1.165, 1.54) is 44.9 Å². The maximum absolute atomic E-state index is 12.8. The van der Waals surface area contributed by atoms with E-state index in [0.29, 0.717) is 11.9 Å². The number of aliphatic imine (C=N–C) groups is 1. The topological polar surface area (TPSA) is 56.7 Å². The van der Waals surface area contributed by atoms with Gasteiger partial charge < -0.3 is 15.5 Å². The van der Waals surface area contributed by atoms with Gasteiger partial charge in [0.2, 0.25) is 5.91 Å². The van der Waals surface area contributed by atoms with Crippen LogP contribution in [0.2, 0.25) is 0 Å². The molecule has 1 heterocycles. The normalized spacial score (nSPS) is 26.3. The minimum Gasteiger partial charge on any atom is -0.357 e. The van der Waals surface area contributed by atoms with Gasteiger partial charge in [0.1, 0.15) is 0 Å². The quantitative estimate of drug-likeness (QED) is 0.317. The fourth-order valence-corrected chi connectivity index (χ4v) is 5.13. The molecule has 6 heteroatoms. The smallest absolute Gasteiger partial charge is 0.225 e. The van der Waals surface area contributed by atoms with Gasteiger partial charge in [0.15, 0.2) is 5.96 Å². The van der Waals surface area contributed by atoms with E-state index in [9.17, 15) is 4.79 Å². The van der Waals surface area contributed by atoms with E-state index >= 15 is 0 Å².